The molecule has 2 amide bonds. The van der Waals surface area contributed by atoms with E-state index in [0.29, 0.717) is 6.54 Å². The summed E-state index contributed by atoms with van der Waals surface area (Å²) in [4.78, 5) is 28.4. The molecule has 3 rings (SSSR count). The smallest absolute Gasteiger partial charge is 0.229 e. The van der Waals surface area contributed by atoms with E-state index >= 15 is 0 Å². The number of carbonyl (C=O) groups excluding carboxylic acids is 2. The summed E-state index contributed by atoms with van der Waals surface area (Å²) in [5, 5.41) is 2.91. The minimum atomic E-state index is -0.343. The van der Waals surface area contributed by atoms with Crippen LogP contribution in [0.5, 0.6) is 0 Å². The average molecular weight is 402 g/mol. The molecule has 0 bridgehead atoms. The lowest BCUT2D eigenvalue weighted by molar-refractivity contribution is -0.122. The zero-order chi connectivity index (χ0) is 18.0. The van der Waals surface area contributed by atoms with Crippen LogP contribution in [0.15, 0.2) is 53.0 Å². The summed E-state index contributed by atoms with van der Waals surface area (Å²) in [5.74, 6) is -0.485. The Morgan fingerprint density at radius 2 is 1.76 bits per heavy atom. The molecule has 0 unspecified atom stereocenters. The van der Waals surface area contributed by atoms with Crippen LogP contribution in [0.25, 0.3) is 0 Å². The zero-order valence-corrected chi connectivity index (χ0v) is 15.8. The van der Waals surface area contributed by atoms with Gasteiger partial charge in [-0.25, -0.2) is 0 Å². The van der Waals surface area contributed by atoms with Crippen molar-refractivity contribution in [3.63, 3.8) is 0 Å². The van der Waals surface area contributed by atoms with E-state index in [1.807, 2.05) is 67.5 Å². The van der Waals surface area contributed by atoms with Crippen molar-refractivity contribution in [3.05, 3.63) is 53.0 Å². The molecule has 1 aliphatic rings. The number of hydrogen-bond donors (Lipinski definition) is 1. The van der Waals surface area contributed by atoms with Gasteiger partial charge in [-0.15, -0.1) is 0 Å². The molecule has 1 atom stereocenters. The highest BCUT2D eigenvalue weighted by Crippen LogP contribution is 2.27. The van der Waals surface area contributed by atoms with Gasteiger partial charge in [0.05, 0.1) is 5.92 Å². The van der Waals surface area contributed by atoms with Gasteiger partial charge >= 0.3 is 0 Å². The lowest BCUT2D eigenvalue weighted by Crippen LogP contribution is -2.28. The molecule has 1 fully saturated rings. The second kappa shape index (κ2) is 7.27. The first kappa shape index (κ1) is 17.5. The number of anilines is 3. The predicted molar refractivity (Wildman–Crippen MR) is 104 cm³/mol. The molecule has 25 heavy (non-hydrogen) atoms. The van der Waals surface area contributed by atoms with Crippen molar-refractivity contribution in [1.29, 1.82) is 0 Å². The maximum Gasteiger partial charge on any atom is 0.229 e. The second-order valence-electron chi connectivity index (χ2n) is 6.31. The van der Waals surface area contributed by atoms with E-state index in [1.165, 1.54) is 0 Å². The first-order valence-corrected chi connectivity index (χ1v) is 8.87. The van der Waals surface area contributed by atoms with E-state index in [9.17, 15) is 9.59 Å². The van der Waals surface area contributed by atoms with Gasteiger partial charge in [0.15, 0.2) is 0 Å². The summed E-state index contributed by atoms with van der Waals surface area (Å²) in [6.45, 7) is 0.405. The molecule has 1 N–H and O–H groups in total. The molecule has 1 heterocycles. The molecule has 2 aromatic rings. The summed E-state index contributed by atoms with van der Waals surface area (Å²) < 4.78 is 0.957. The fourth-order valence-corrected chi connectivity index (χ4v) is 3.11. The minimum absolute atomic E-state index is 0.0228. The Morgan fingerprint density at radius 1 is 1.12 bits per heavy atom. The maximum atomic E-state index is 12.5. The first-order chi connectivity index (χ1) is 11.9. The lowest BCUT2D eigenvalue weighted by atomic mass is 10.1. The third-order valence-electron chi connectivity index (χ3n) is 4.29. The number of nitrogens with zero attached hydrogens (tertiary/aromatic N) is 2. The molecule has 1 saturated heterocycles. The van der Waals surface area contributed by atoms with Crippen LogP contribution in [0.4, 0.5) is 17.1 Å². The number of amides is 2. The monoisotopic (exact) mass is 401 g/mol. The van der Waals surface area contributed by atoms with Crippen molar-refractivity contribution in [2.75, 3.05) is 35.8 Å². The molecule has 6 heteroatoms. The second-order valence-corrected chi connectivity index (χ2v) is 7.23. The van der Waals surface area contributed by atoms with Crippen LogP contribution in [0.3, 0.4) is 0 Å². The number of hydrogen-bond acceptors (Lipinski definition) is 3. The Hall–Kier alpha value is -2.34. The maximum absolute atomic E-state index is 12.5. The molecule has 0 aliphatic carbocycles. The van der Waals surface area contributed by atoms with Crippen molar-refractivity contribution < 1.29 is 9.59 Å². The average Bonchev–Trinajstić information content (AvgIpc) is 2.98. The first-order valence-electron chi connectivity index (χ1n) is 8.08. The fraction of sp³-hybridized carbons (Fsp3) is 0.263. The molecule has 0 radical (unpaired) electrons. The van der Waals surface area contributed by atoms with Crippen molar-refractivity contribution in [2.45, 2.75) is 6.42 Å². The van der Waals surface area contributed by atoms with Gasteiger partial charge in [0, 0.05) is 48.6 Å². The molecule has 2 aromatic carbocycles. The highest BCUT2D eigenvalue weighted by atomic mass is 79.9. The number of benzene rings is 2. The Morgan fingerprint density at radius 3 is 2.36 bits per heavy atom. The number of carbonyl (C=O) groups is 2. The van der Waals surface area contributed by atoms with Crippen LogP contribution in [0.1, 0.15) is 6.42 Å². The fourth-order valence-electron chi connectivity index (χ4n) is 2.84. The molecule has 5 nitrogen and oxygen atoms in total. The van der Waals surface area contributed by atoms with Gasteiger partial charge in [0.25, 0.3) is 0 Å². The number of rotatable bonds is 4. The Kier molecular flexibility index (Phi) is 5.08. The predicted octanol–water partition coefficient (Wildman–Crippen LogP) is 3.51. The minimum Gasteiger partial charge on any atom is -0.378 e. The van der Waals surface area contributed by atoms with Crippen LogP contribution in [-0.4, -0.2) is 32.5 Å². The van der Waals surface area contributed by atoms with E-state index in [2.05, 4.69) is 21.2 Å². The summed E-state index contributed by atoms with van der Waals surface area (Å²) in [7, 11) is 3.93. The quantitative estimate of drug-likeness (QED) is 0.852. The van der Waals surface area contributed by atoms with E-state index < -0.39 is 0 Å². The number of halogens is 1. The van der Waals surface area contributed by atoms with E-state index in [0.717, 1.165) is 21.5 Å². The normalized spacial score (nSPS) is 16.8. The van der Waals surface area contributed by atoms with Gasteiger partial charge in [-0.3, -0.25) is 9.59 Å². The van der Waals surface area contributed by atoms with Crippen LogP contribution in [-0.2, 0) is 9.59 Å². The summed E-state index contributed by atoms with van der Waals surface area (Å²) >= 11 is 3.38. The molecular weight excluding hydrogens is 382 g/mol. The molecule has 0 aromatic heterocycles. The molecular formula is C19H20BrN3O2. The highest BCUT2D eigenvalue weighted by Gasteiger charge is 2.35. The van der Waals surface area contributed by atoms with E-state index in [-0.39, 0.29) is 24.2 Å². The van der Waals surface area contributed by atoms with Crippen LogP contribution < -0.4 is 15.1 Å². The van der Waals surface area contributed by atoms with Crippen LogP contribution in [0, 0.1) is 5.92 Å². The standard InChI is InChI=1S/C19H20BrN3O2/c1-22(2)16-9-5-15(6-10-16)21-19(25)13-11-18(24)23(12-13)17-7-3-14(20)4-8-17/h3-10,13H,11-12H2,1-2H3,(H,21,25)/t13-/m0/s1. The Bertz CT molecular complexity index is 772. The molecule has 130 valence electrons. The SMILES string of the molecule is CN(C)c1ccc(NC(=O)[C@H]2CC(=O)N(c3ccc(Br)cc3)C2)cc1. The van der Waals surface area contributed by atoms with Crippen molar-refractivity contribution in [3.8, 4) is 0 Å². The van der Waals surface area contributed by atoms with Gasteiger partial charge in [0.1, 0.15) is 0 Å². The summed E-state index contributed by atoms with van der Waals surface area (Å²) in [5.41, 5.74) is 2.62. The highest BCUT2D eigenvalue weighted by molar-refractivity contribution is 9.10. The zero-order valence-electron chi connectivity index (χ0n) is 14.2. The van der Waals surface area contributed by atoms with Crippen molar-refractivity contribution in [1.82, 2.24) is 0 Å². The van der Waals surface area contributed by atoms with E-state index in [4.69, 9.17) is 0 Å². The Labute approximate surface area is 155 Å². The third-order valence-corrected chi connectivity index (χ3v) is 4.81. The van der Waals surface area contributed by atoms with Crippen molar-refractivity contribution >= 4 is 44.8 Å². The molecule has 0 saturated carbocycles. The number of nitrogens with one attached hydrogen (secondary N) is 1. The third kappa shape index (κ3) is 4.02. The molecule has 0 spiro atoms. The van der Waals surface area contributed by atoms with Crippen LogP contribution >= 0.6 is 15.9 Å². The van der Waals surface area contributed by atoms with Crippen molar-refractivity contribution in [2.24, 2.45) is 5.92 Å². The van der Waals surface area contributed by atoms with Gasteiger partial charge in [0.2, 0.25) is 11.8 Å². The van der Waals surface area contributed by atoms with Crippen LogP contribution in [0.2, 0.25) is 0 Å². The molecule has 1 aliphatic heterocycles. The Balaban J connectivity index is 1.65. The van der Waals surface area contributed by atoms with E-state index in [1.54, 1.807) is 4.90 Å². The lowest BCUT2D eigenvalue weighted by Gasteiger charge is -2.17. The van der Waals surface area contributed by atoms with Gasteiger partial charge in [-0.2, -0.15) is 0 Å². The van der Waals surface area contributed by atoms with Gasteiger partial charge in [-0.1, -0.05) is 15.9 Å². The van der Waals surface area contributed by atoms with Gasteiger partial charge < -0.3 is 15.1 Å². The topological polar surface area (TPSA) is 52.7 Å². The van der Waals surface area contributed by atoms with Gasteiger partial charge in [-0.05, 0) is 48.5 Å². The summed E-state index contributed by atoms with van der Waals surface area (Å²) in [6.07, 6.45) is 0.234. The summed E-state index contributed by atoms with van der Waals surface area (Å²) in [6, 6.07) is 15.2. The largest absolute Gasteiger partial charge is 0.378 e.